The zero-order valence-corrected chi connectivity index (χ0v) is 17.3. The van der Waals surface area contributed by atoms with Crippen molar-refractivity contribution in [3.63, 3.8) is 0 Å². The minimum absolute atomic E-state index is 0.136. The molecule has 0 aliphatic carbocycles. The summed E-state index contributed by atoms with van der Waals surface area (Å²) in [5, 5.41) is 3.96. The van der Waals surface area contributed by atoms with E-state index in [1.807, 2.05) is 26.8 Å². The molecule has 1 aromatic heterocycles. The lowest BCUT2D eigenvalue weighted by Crippen LogP contribution is -2.18. The number of ether oxygens (including phenoxy) is 2. The third-order valence-corrected chi connectivity index (χ3v) is 6.08. The highest BCUT2D eigenvalue weighted by Crippen LogP contribution is 2.20. The van der Waals surface area contributed by atoms with Gasteiger partial charge < -0.3 is 14.0 Å². The summed E-state index contributed by atoms with van der Waals surface area (Å²) in [5.41, 5.74) is 3.02. The van der Waals surface area contributed by atoms with Crippen LogP contribution in [0.3, 0.4) is 0 Å². The van der Waals surface area contributed by atoms with Crippen LogP contribution in [0.2, 0.25) is 0 Å². The fourth-order valence-electron chi connectivity index (χ4n) is 3.33. The summed E-state index contributed by atoms with van der Waals surface area (Å²) in [5.74, 6) is 0.628. The molecule has 0 bridgehead atoms. The first kappa shape index (κ1) is 20.4. The van der Waals surface area contributed by atoms with E-state index in [0.717, 1.165) is 42.9 Å². The molecule has 1 aliphatic rings. The van der Waals surface area contributed by atoms with Gasteiger partial charge in [-0.25, -0.2) is 4.83 Å². The molecule has 28 heavy (non-hydrogen) atoms. The molecule has 7 nitrogen and oxygen atoms in total. The monoisotopic (exact) mass is 405 g/mol. The maximum Gasteiger partial charge on any atom is 0.276 e. The van der Waals surface area contributed by atoms with E-state index >= 15 is 0 Å². The predicted octanol–water partition coefficient (Wildman–Crippen LogP) is 3.00. The number of rotatable bonds is 8. The number of aryl methyl sites for hydroxylation is 1. The van der Waals surface area contributed by atoms with Gasteiger partial charge in [0.2, 0.25) is 0 Å². The van der Waals surface area contributed by atoms with Crippen LogP contribution in [-0.4, -0.2) is 38.5 Å². The van der Waals surface area contributed by atoms with Crippen LogP contribution in [0.4, 0.5) is 0 Å². The molecule has 3 rings (SSSR count). The predicted molar refractivity (Wildman–Crippen MR) is 108 cm³/mol. The molecule has 0 amide bonds. The van der Waals surface area contributed by atoms with Gasteiger partial charge in [-0.1, -0.05) is 0 Å². The largest absolute Gasteiger partial charge is 0.494 e. The van der Waals surface area contributed by atoms with Crippen LogP contribution in [0.1, 0.15) is 36.7 Å². The van der Waals surface area contributed by atoms with Gasteiger partial charge in [0.1, 0.15) is 5.75 Å². The van der Waals surface area contributed by atoms with Crippen LogP contribution in [-0.2, 0) is 21.3 Å². The molecule has 8 heteroatoms. The Kier molecular flexibility index (Phi) is 6.41. The lowest BCUT2D eigenvalue weighted by molar-refractivity contribution is 0.0962. The smallest absolute Gasteiger partial charge is 0.276 e. The first-order chi connectivity index (χ1) is 13.4. The summed E-state index contributed by atoms with van der Waals surface area (Å²) in [6, 6.07) is 8.24. The Hall–Kier alpha value is -2.32. The van der Waals surface area contributed by atoms with Gasteiger partial charge in [-0.2, -0.15) is 13.5 Å². The number of nitrogens with zero attached hydrogens (tertiary/aromatic N) is 2. The normalized spacial score (nSPS) is 17.3. The van der Waals surface area contributed by atoms with E-state index in [1.165, 1.54) is 12.1 Å². The standard InChI is InChI=1S/C20H27N3O4S/c1-4-26-18-7-9-20(10-8-18)28(24,25)22-21-13-17-12-15(2)23(16(17)3)14-19-6-5-11-27-19/h7-10,12-13,19,22H,4-6,11,14H2,1-3H3/b21-13-/t19-/m0/s1. The van der Waals surface area contributed by atoms with E-state index in [2.05, 4.69) is 14.5 Å². The third kappa shape index (κ3) is 4.74. The third-order valence-electron chi connectivity index (χ3n) is 4.84. The van der Waals surface area contributed by atoms with Crippen LogP contribution in [0, 0.1) is 13.8 Å². The van der Waals surface area contributed by atoms with E-state index in [-0.39, 0.29) is 11.0 Å². The SMILES string of the molecule is CCOc1ccc(S(=O)(=O)N/N=C\c2cc(C)n(C[C@@H]3CCCO3)c2C)cc1. The van der Waals surface area contributed by atoms with Crippen molar-refractivity contribution in [3.05, 3.63) is 47.3 Å². The topological polar surface area (TPSA) is 81.9 Å². The molecule has 0 saturated carbocycles. The molecule has 152 valence electrons. The van der Waals surface area contributed by atoms with Crippen LogP contribution in [0.25, 0.3) is 0 Å². The number of hydrogen-bond donors (Lipinski definition) is 1. The van der Waals surface area contributed by atoms with E-state index in [0.29, 0.717) is 12.4 Å². The molecule has 0 radical (unpaired) electrons. The Morgan fingerprint density at radius 3 is 2.71 bits per heavy atom. The van der Waals surface area contributed by atoms with Crippen molar-refractivity contribution in [1.29, 1.82) is 0 Å². The second kappa shape index (κ2) is 8.79. The molecule has 1 fully saturated rings. The van der Waals surface area contributed by atoms with E-state index in [9.17, 15) is 8.42 Å². The van der Waals surface area contributed by atoms with Gasteiger partial charge in [0.15, 0.2) is 0 Å². The van der Waals surface area contributed by atoms with Gasteiger partial charge in [0, 0.05) is 30.1 Å². The fraction of sp³-hybridized carbons (Fsp3) is 0.450. The molecule has 2 heterocycles. The molecular weight excluding hydrogens is 378 g/mol. The van der Waals surface area contributed by atoms with Gasteiger partial charge in [-0.05, 0) is 63.9 Å². The maximum atomic E-state index is 12.4. The number of hydrogen-bond acceptors (Lipinski definition) is 5. The Labute approximate surface area is 166 Å². The molecule has 0 spiro atoms. The lowest BCUT2D eigenvalue weighted by Gasteiger charge is -2.14. The van der Waals surface area contributed by atoms with Crippen molar-refractivity contribution >= 4 is 16.2 Å². The van der Waals surface area contributed by atoms with Crippen molar-refractivity contribution in [2.45, 2.75) is 51.2 Å². The number of nitrogens with one attached hydrogen (secondary N) is 1. The van der Waals surface area contributed by atoms with Crippen LogP contribution in [0.15, 0.2) is 40.3 Å². The highest BCUT2D eigenvalue weighted by atomic mass is 32.2. The Morgan fingerprint density at radius 1 is 1.32 bits per heavy atom. The van der Waals surface area contributed by atoms with Crippen molar-refractivity contribution in [2.24, 2.45) is 5.10 Å². The number of sulfonamides is 1. The van der Waals surface area contributed by atoms with Crippen LogP contribution in [0.5, 0.6) is 5.75 Å². The fourth-order valence-corrected chi connectivity index (χ4v) is 4.12. The molecule has 1 N–H and O–H groups in total. The lowest BCUT2D eigenvalue weighted by atomic mass is 10.2. The molecule has 1 saturated heterocycles. The summed E-state index contributed by atoms with van der Waals surface area (Å²) >= 11 is 0. The van der Waals surface area contributed by atoms with Gasteiger partial charge >= 0.3 is 0 Å². The first-order valence-corrected chi connectivity index (χ1v) is 10.9. The Morgan fingerprint density at radius 2 is 2.07 bits per heavy atom. The van der Waals surface area contributed by atoms with Gasteiger partial charge in [-0.3, -0.25) is 0 Å². The molecule has 1 aliphatic heterocycles. The first-order valence-electron chi connectivity index (χ1n) is 9.47. The van der Waals surface area contributed by atoms with Crippen LogP contribution < -0.4 is 9.57 Å². The average molecular weight is 406 g/mol. The molecule has 2 aromatic rings. The Balaban J connectivity index is 1.68. The van der Waals surface area contributed by atoms with E-state index < -0.39 is 10.0 Å². The molecule has 1 aromatic carbocycles. The van der Waals surface area contributed by atoms with Gasteiger partial charge in [0.05, 0.1) is 23.8 Å². The summed E-state index contributed by atoms with van der Waals surface area (Å²) in [4.78, 5) is 2.41. The summed E-state index contributed by atoms with van der Waals surface area (Å²) < 4.78 is 38.0. The second-order valence-electron chi connectivity index (χ2n) is 6.83. The van der Waals surface area contributed by atoms with Crippen LogP contribution >= 0.6 is 0 Å². The zero-order valence-electron chi connectivity index (χ0n) is 16.5. The Bertz CT molecular complexity index is 927. The second-order valence-corrected chi connectivity index (χ2v) is 8.49. The highest BCUT2D eigenvalue weighted by Gasteiger charge is 2.18. The van der Waals surface area contributed by atoms with Crippen molar-refractivity contribution < 1.29 is 17.9 Å². The van der Waals surface area contributed by atoms with E-state index in [1.54, 1.807) is 18.3 Å². The average Bonchev–Trinajstić information content (AvgIpc) is 3.27. The van der Waals surface area contributed by atoms with Crippen molar-refractivity contribution in [1.82, 2.24) is 9.40 Å². The minimum atomic E-state index is -3.73. The van der Waals surface area contributed by atoms with E-state index in [4.69, 9.17) is 9.47 Å². The molecule has 0 unspecified atom stereocenters. The summed E-state index contributed by atoms with van der Waals surface area (Å²) in [6.45, 7) is 8.07. The van der Waals surface area contributed by atoms with Gasteiger partial charge in [-0.15, -0.1) is 0 Å². The summed E-state index contributed by atoms with van der Waals surface area (Å²) in [6.07, 6.45) is 3.96. The quantitative estimate of drug-likeness (QED) is 0.541. The molecule has 1 atom stereocenters. The van der Waals surface area contributed by atoms with Gasteiger partial charge in [0.25, 0.3) is 10.0 Å². The number of aromatic nitrogens is 1. The number of hydrazone groups is 1. The molecular formula is C20H27N3O4S. The maximum absolute atomic E-state index is 12.4. The minimum Gasteiger partial charge on any atom is -0.494 e. The zero-order chi connectivity index (χ0) is 20.1. The summed E-state index contributed by atoms with van der Waals surface area (Å²) in [7, 11) is -3.73. The van der Waals surface area contributed by atoms with Crippen molar-refractivity contribution in [2.75, 3.05) is 13.2 Å². The van der Waals surface area contributed by atoms with Crippen molar-refractivity contribution in [3.8, 4) is 5.75 Å². The number of benzene rings is 1. The highest BCUT2D eigenvalue weighted by molar-refractivity contribution is 7.89.